The van der Waals surface area contributed by atoms with Crippen molar-refractivity contribution in [3.63, 3.8) is 0 Å². The summed E-state index contributed by atoms with van der Waals surface area (Å²) < 4.78 is 9.29. The lowest BCUT2D eigenvalue weighted by atomic mass is 10.1. The van der Waals surface area contributed by atoms with Crippen LogP contribution in [-0.2, 0) is 47.8 Å². The zero-order valence-corrected chi connectivity index (χ0v) is 27.6. The number of esters is 2. The summed E-state index contributed by atoms with van der Waals surface area (Å²) in [5.74, 6) is -3.17. The number of carbonyl (C=O) groups is 8. The lowest BCUT2D eigenvalue weighted by molar-refractivity contribution is -0.146. The van der Waals surface area contributed by atoms with E-state index in [1.807, 2.05) is 0 Å². The Morgan fingerprint density at radius 3 is 1.10 bits per heavy atom. The number of nitrogens with zero attached hydrogens (tertiary/aromatic N) is 4. The minimum Gasteiger partial charge on any atom is -0.469 e. The van der Waals surface area contributed by atoms with Crippen molar-refractivity contribution >= 4 is 47.4 Å². The van der Waals surface area contributed by atoms with Gasteiger partial charge in [0.1, 0.15) is 0 Å². The molecule has 0 saturated carbocycles. The van der Waals surface area contributed by atoms with E-state index in [4.69, 9.17) is 11.5 Å². The van der Waals surface area contributed by atoms with E-state index in [0.29, 0.717) is 78.5 Å². The van der Waals surface area contributed by atoms with Gasteiger partial charge in [-0.2, -0.15) is 0 Å². The Hall–Kier alpha value is -4.32. The van der Waals surface area contributed by atoms with Gasteiger partial charge in [0, 0.05) is 104 Å². The van der Waals surface area contributed by atoms with E-state index in [0.717, 1.165) is 0 Å². The molecule has 49 heavy (non-hydrogen) atoms. The molecule has 4 saturated heterocycles. The highest BCUT2D eigenvalue weighted by atomic mass is 16.5. The first kappa shape index (κ1) is 40.9. The normalized spacial score (nSPS) is 23.3. The molecule has 4 aliphatic heterocycles. The van der Waals surface area contributed by atoms with E-state index in [9.17, 15) is 38.4 Å². The van der Waals surface area contributed by atoms with E-state index in [1.54, 1.807) is 19.6 Å². The number of likely N-dealkylation sites (tertiary alicyclic amines) is 4. The summed E-state index contributed by atoms with van der Waals surface area (Å²) in [5.41, 5.74) is 10.7. The van der Waals surface area contributed by atoms with Crippen molar-refractivity contribution in [2.75, 3.05) is 92.8 Å². The lowest BCUT2D eigenvalue weighted by Crippen LogP contribution is -2.39. The fourth-order valence-corrected chi connectivity index (χ4v) is 6.12. The second kappa shape index (κ2) is 19.6. The number of nitrogens with one attached hydrogen (secondary N) is 2. The first-order chi connectivity index (χ1) is 22.9. The first-order valence-corrected chi connectivity index (χ1v) is 16.1. The smallest absolute Gasteiger partial charge is 0.310 e. The van der Waals surface area contributed by atoms with Crippen LogP contribution in [0, 0.1) is 23.7 Å². The second-order valence-corrected chi connectivity index (χ2v) is 12.2. The predicted molar refractivity (Wildman–Crippen MR) is 174 cm³/mol. The molecule has 4 rings (SSSR count). The zero-order valence-electron chi connectivity index (χ0n) is 27.6. The van der Waals surface area contributed by atoms with Crippen molar-refractivity contribution in [2.24, 2.45) is 35.1 Å². The highest BCUT2D eigenvalue weighted by molar-refractivity contribution is 5.91. The Morgan fingerprint density at radius 2 is 0.837 bits per heavy atom. The van der Waals surface area contributed by atoms with Gasteiger partial charge >= 0.3 is 11.9 Å². The molecular formula is C31H52N8O10. The summed E-state index contributed by atoms with van der Waals surface area (Å²) in [4.78, 5) is 101. The summed E-state index contributed by atoms with van der Waals surface area (Å²) in [6.45, 7) is 4.24. The average Bonchev–Trinajstić information content (AvgIpc) is 3.85. The number of hydrogen-bond acceptors (Lipinski definition) is 12. The average molecular weight is 697 g/mol. The Morgan fingerprint density at radius 1 is 0.571 bits per heavy atom. The molecule has 4 atom stereocenters. The van der Waals surface area contributed by atoms with E-state index in [-0.39, 0.29) is 92.3 Å². The maximum atomic E-state index is 12.1. The van der Waals surface area contributed by atoms with Crippen molar-refractivity contribution in [2.45, 2.75) is 33.1 Å². The summed E-state index contributed by atoms with van der Waals surface area (Å²) in [7, 11) is 2.59. The summed E-state index contributed by atoms with van der Waals surface area (Å²) in [6.07, 6.45) is 0.639. The number of amides is 6. The van der Waals surface area contributed by atoms with Gasteiger partial charge < -0.3 is 51.2 Å². The van der Waals surface area contributed by atoms with Gasteiger partial charge in [-0.25, -0.2) is 0 Å². The molecular weight excluding hydrogens is 644 g/mol. The second-order valence-electron chi connectivity index (χ2n) is 12.2. The van der Waals surface area contributed by atoms with Crippen molar-refractivity contribution in [3.8, 4) is 0 Å². The first-order valence-electron chi connectivity index (χ1n) is 16.1. The molecule has 0 aromatic heterocycles. The summed E-state index contributed by atoms with van der Waals surface area (Å²) >= 11 is 0. The van der Waals surface area contributed by atoms with Crippen LogP contribution in [0.2, 0.25) is 0 Å². The Labute approximate surface area is 286 Å². The monoisotopic (exact) mass is 696 g/mol. The van der Waals surface area contributed by atoms with Gasteiger partial charge in [-0.1, -0.05) is 7.43 Å². The molecule has 4 aliphatic rings. The number of carbonyl (C=O) groups excluding carboxylic acids is 8. The van der Waals surface area contributed by atoms with Gasteiger partial charge in [0.05, 0.1) is 37.9 Å². The molecule has 0 aromatic rings. The van der Waals surface area contributed by atoms with Gasteiger partial charge in [-0.15, -0.1) is 0 Å². The summed E-state index contributed by atoms with van der Waals surface area (Å²) in [5, 5.41) is 5.39. The summed E-state index contributed by atoms with van der Waals surface area (Å²) in [6, 6.07) is 0. The van der Waals surface area contributed by atoms with Crippen LogP contribution in [0.4, 0.5) is 0 Å². The van der Waals surface area contributed by atoms with Crippen LogP contribution in [0.15, 0.2) is 0 Å². The fraction of sp³-hybridized carbons (Fsp3) is 0.742. The van der Waals surface area contributed by atoms with Crippen LogP contribution in [0.3, 0.4) is 0 Å². The van der Waals surface area contributed by atoms with Crippen LogP contribution in [-0.4, -0.2) is 160 Å². The Bertz CT molecular complexity index is 1140. The molecule has 4 heterocycles. The minimum absolute atomic E-state index is 0. The third kappa shape index (κ3) is 11.4. The highest BCUT2D eigenvalue weighted by Gasteiger charge is 2.39. The molecule has 0 radical (unpaired) electrons. The van der Waals surface area contributed by atoms with Gasteiger partial charge in [0.2, 0.25) is 35.4 Å². The maximum absolute atomic E-state index is 12.1. The van der Waals surface area contributed by atoms with Crippen LogP contribution in [0.1, 0.15) is 33.1 Å². The molecule has 18 heteroatoms. The van der Waals surface area contributed by atoms with Crippen LogP contribution < -0.4 is 22.1 Å². The van der Waals surface area contributed by atoms with Gasteiger partial charge in [-0.3, -0.25) is 38.4 Å². The Balaban J connectivity index is 0.000000338. The van der Waals surface area contributed by atoms with Gasteiger partial charge in [-0.05, 0) is 0 Å². The predicted octanol–water partition coefficient (Wildman–Crippen LogP) is -3.50. The maximum Gasteiger partial charge on any atom is 0.310 e. The zero-order chi connectivity index (χ0) is 35.4. The molecule has 0 bridgehead atoms. The van der Waals surface area contributed by atoms with Crippen molar-refractivity contribution < 1.29 is 47.8 Å². The van der Waals surface area contributed by atoms with E-state index in [1.165, 1.54) is 14.2 Å². The molecule has 0 aliphatic carbocycles. The molecule has 0 aromatic carbocycles. The SMILES string of the molecule is C.COC(=O)C1CC(=O)N(CCN2CC(C(=O)OC)CC2=O)C1.NCCNC(=O)C1CC(=O)N(CCN2CC(C(=O)NCCN)CC2=O)C1. The number of methoxy groups -OCH3 is 2. The lowest BCUT2D eigenvalue weighted by Gasteiger charge is -2.22. The van der Waals surface area contributed by atoms with Crippen molar-refractivity contribution in [1.82, 2.24) is 30.2 Å². The molecule has 18 nitrogen and oxygen atoms in total. The molecule has 276 valence electrons. The van der Waals surface area contributed by atoms with E-state index < -0.39 is 11.8 Å². The van der Waals surface area contributed by atoms with E-state index >= 15 is 0 Å². The van der Waals surface area contributed by atoms with Crippen molar-refractivity contribution in [3.05, 3.63) is 0 Å². The van der Waals surface area contributed by atoms with Crippen molar-refractivity contribution in [1.29, 1.82) is 0 Å². The number of hydrogen-bond donors (Lipinski definition) is 4. The van der Waals surface area contributed by atoms with Crippen LogP contribution in [0.5, 0.6) is 0 Å². The highest BCUT2D eigenvalue weighted by Crippen LogP contribution is 2.23. The number of rotatable bonds is 14. The molecule has 0 spiro atoms. The van der Waals surface area contributed by atoms with E-state index in [2.05, 4.69) is 20.1 Å². The Kier molecular flexibility index (Phi) is 16.4. The third-order valence-corrected chi connectivity index (χ3v) is 8.84. The topological polar surface area (TPSA) is 244 Å². The van der Waals surface area contributed by atoms with Gasteiger partial charge in [0.15, 0.2) is 0 Å². The fourth-order valence-electron chi connectivity index (χ4n) is 6.12. The molecule has 6 amide bonds. The number of nitrogens with two attached hydrogens (primary N) is 2. The standard InChI is InChI=1S/C16H28N6O4.C14H20N2O6.CH4/c17-1-3-19-15(25)11-7-13(23)21(9-11)5-6-22-10-12(8-14(22)24)16(26)20-4-2-18;1-21-13(19)9-5-11(17)15(7-9)3-4-16-8-10(6-12(16)18)14(20)22-2;/h11-12H,1-10,17-18H2,(H,19,25)(H,20,26);9-10H,3-8H2,1-2H3;1H4. The van der Waals surface area contributed by atoms with Crippen LogP contribution >= 0.6 is 0 Å². The van der Waals surface area contributed by atoms with Gasteiger partial charge in [0.25, 0.3) is 0 Å². The largest absolute Gasteiger partial charge is 0.469 e. The molecule has 6 N–H and O–H groups in total. The quantitative estimate of drug-likeness (QED) is 0.129. The molecule has 4 unspecified atom stereocenters. The molecule has 4 fully saturated rings. The third-order valence-electron chi connectivity index (χ3n) is 8.84. The van der Waals surface area contributed by atoms with Crippen LogP contribution in [0.25, 0.3) is 0 Å². The number of ether oxygens (including phenoxy) is 2. The minimum atomic E-state index is -0.436.